The third-order valence-corrected chi connectivity index (χ3v) is 4.37. The van der Waals surface area contributed by atoms with Crippen molar-refractivity contribution < 1.29 is 4.79 Å². The van der Waals surface area contributed by atoms with Crippen LogP contribution in [0.1, 0.15) is 16.7 Å². The predicted octanol–water partition coefficient (Wildman–Crippen LogP) is 4.10. The van der Waals surface area contributed by atoms with Crippen molar-refractivity contribution in [1.29, 1.82) is 0 Å². The van der Waals surface area contributed by atoms with Gasteiger partial charge in [0.15, 0.2) is 0 Å². The highest BCUT2D eigenvalue weighted by Gasteiger charge is 2.07. The lowest BCUT2D eigenvalue weighted by Gasteiger charge is -2.08. The Kier molecular flexibility index (Phi) is 5.74. The van der Waals surface area contributed by atoms with Gasteiger partial charge in [-0.05, 0) is 34.9 Å². The van der Waals surface area contributed by atoms with E-state index in [1.54, 1.807) is 24.4 Å². The van der Waals surface area contributed by atoms with Crippen LogP contribution < -0.4 is 5.32 Å². The molecule has 0 unspecified atom stereocenters. The molecule has 2 aromatic carbocycles. The van der Waals surface area contributed by atoms with E-state index in [-0.39, 0.29) is 12.3 Å². The number of hydrogen-bond donors (Lipinski definition) is 1. The van der Waals surface area contributed by atoms with Crippen LogP contribution >= 0.6 is 23.2 Å². The summed E-state index contributed by atoms with van der Waals surface area (Å²) in [7, 11) is 0. The van der Waals surface area contributed by atoms with Gasteiger partial charge in [0, 0.05) is 29.0 Å². The van der Waals surface area contributed by atoms with Crippen molar-refractivity contribution in [3.8, 4) is 0 Å². The maximum atomic E-state index is 12.1. The molecule has 6 heteroatoms. The molecule has 0 fully saturated rings. The van der Waals surface area contributed by atoms with Gasteiger partial charge in [0.1, 0.15) is 0 Å². The monoisotopic (exact) mass is 373 g/mol. The molecule has 0 atom stereocenters. The highest BCUT2D eigenvalue weighted by Crippen LogP contribution is 2.21. The van der Waals surface area contributed by atoms with E-state index in [4.69, 9.17) is 23.2 Å². The molecule has 0 bridgehead atoms. The van der Waals surface area contributed by atoms with Crippen LogP contribution in [-0.2, 0) is 24.3 Å². The van der Waals surface area contributed by atoms with Crippen LogP contribution in [0.5, 0.6) is 0 Å². The van der Waals surface area contributed by atoms with Crippen molar-refractivity contribution in [3.05, 3.63) is 87.7 Å². The van der Waals surface area contributed by atoms with Gasteiger partial charge < -0.3 is 5.32 Å². The molecule has 1 heterocycles. The van der Waals surface area contributed by atoms with Crippen molar-refractivity contribution in [2.24, 2.45) is 0 Å². The molecule has 0 saturated carbocycles. The van der Waals surface area contributed by atoms with E-state index in [1.807, 2.05) is 41.2 Å². The molecule has 1 N–H and O–H groups in total. The lowest BCUT2D eigenvalue weighted by Crippen LogP contribution is -2.24. The van der Waals surface area contributed by atoms with E-state index in [0.29, 0.717) is 16.6 Å². The molecule has 1 aromatic heterocycles. The van der Waals surface area contributed by atoms with Crippen LogP contribution in [0, 0.1) is 0 Å². The largest absolute Gasteiger partial charge is 0.352 e. The molecule has 0 spiro atoms. The smallest absolute Gasteiger partial charge is 0.224 e. The summed E-state index contributed by atoms with van der Waals surface area (Å²) in [6.45, 7) is 1.21. The van der Waals surface area contributed by atoms with E-state index in [9.17, 15) is 4.79 Å². The number of benzene rings is 2. The Morgan fingerprint density at radius 3 is 2.52 bits per heavy atom. The second-order valence-electron chi connectivity index (χ2n) is 5.71. The Bertz CT molecular complexity index is 846. The number of carbonyl (C=O) groups excluding carboxylic acids is 1. The van der Waals surface area contributed by atoms with Gasteiger partial charge in [0.05, 0.1) is 13.0 Å². The Hall–Kier alpha value is -2.30. The van der Waals surface area contributed by atoms with Gasteiger partial charge in [-0.3, -0.25) is 9.48 Å². The molecule has 3 aromatic rings. The Morgan fingerprint density at radius 1 is 1.08 bits per heavy atom. The van der Waals surface area contributed by atoms with E-state index >= 15 is 0 Å². The number of amides is 1. The topological polar surface area (TPSA) is 46.9 Å². The van der Waals surface area contributed by atoms with Crippen LogP contribution in [-0.4, -0.2) is 15.7 Å². The van der Waals surface area contributed by atoms with Crippen molar-refractivity contribution in [2.75, 3.05) is 0 Å². The van der Waals surface area contributed by atoms with Crippen LogP contribution in [0.4, 0.5) is 0 Å². The first-order chi connectivity index (χ1) is 12.1. The number of nitrogens with zero attached hydrogens (tertiary/aromatic N) is 2. The maximum Gasteiger partial charge on any atom is 0.224 e. The molecular weight excluding hydrogens is 357 g/mol. The van der Waals surface area contributed by atoms with E-state index in [1.165, 1.54) is 0 Å². The Balaban J connectivity index is 1.51. The third kappa shape index (κ3) is 5.08. The van der Waals surface area contributed by atoms with Crippen LogP contribution in [0.2, 0.25) is 10.0 Å². The predicted molar refractivity (Wildman–Crippen MR) is 99.8 cm³/mol. The molecule has 0 saturated heterocycles. The molecule has 0 aliphatic rings. The molecule has 1 amide bonds. The molecule has 0 radical (unpaired) electrons. The van der Waals surface area contributed by atoms with Crippen molar-refractivity contribution in [3.63, 3.8) is 0 Å². The van der Waals surface area contributed by atoms with Gasteiger partial charge in [-0.2, -0.15) is 5.10 Å². The summed E-state index contributed by atoms with van der Waals surface area (Å²) in [5.74, 6) is -0.0789. The van der Waals surface area contributed by atoms with Gasteiger partial charge in [-0.25, -0.2) is 0 Å². The first-order valence-electron chi connectivity index (χ1n) is 7.86. The number of aromatic nitrogens is 2. The van der Waals surface area contributed by atoms with E-state index in [2.05, 4.69) is 10.4 Å². The zero-order chi connectivity index (χ0) is 17.6. The highest BCUT2D eigenvalue weighted by atomic mass is 35.5. The molecular formula is C19H17Cl2N3O. The van der Waals surface area contributed by atoms with Crippen molar-refractivity contribution in [1.82, 2.24) is 15.1 Å². The molecule has 0 aliphatic heterocycles. The summed E-state index contributed by atoms with van der Waals surface area (Å²) in [6, 6.07) is 15.1. The maximum absolute atomic E-state index is 12.1. The lowest BCUT2D eigenvalue weighted by molar-refractivity contribution is -0.120. The molecule has 25 heavy (non-hydrogen) atoms. The quantitative estimate of drug-likeness (QED) is 0.706. The normalized spacial score (nSPS) is 10.6. The van der Waals surface area contributed by atoms with Gasteiger partial charge in [-0.1, -0.05) is 53.5 Å². The number of nitrogens with one attached hydrogen (secondary N) is 1. The summed E-state index contributed by atoms with van der Waals surface area (Å²) >= 11 is 12.0. The zero-order valence-corrected chi connectivity index (χ0v) is 15.0. The Morgan fingerprint density at radius 2 is 1.84 bits per heavy atom. The van der Waals surface area contributed by atoms with Gasteiger partial charge in [0.2, 0.25) is 5.91 Å². The van der Waals surface area contributed by atoms with Crippen molar-refractivity contribution in [2.45, 2.75) is 19.5 Å². The minimum atomic E-state index is -0.0789. The van der Waals surface area contributed by atoms with Gasteiger partial charge >= 0.3 is 0 Å². The lowest BCUT2D eigenvalue weighted by atomic mass is 10.1. The van der Waals surface area contributed by atoms with E-state index in [0.717, 1.165) is 23.2 Å². The summed E-state index contributed by atoms with van der Waals surface area (Å²) in [4.78, 5) is 12.1. The highest BCUT2D eigenvalue weighted by molar-refractivity contribution is 6.35. The zero-order valence-electron chi connectivity index (χ0n) is 13.5. The van der Waals surface area contributed by atoms with Crippen molar-refractivity contribution >= 4 is 29.1 Å². The first-order valence-corrected chi connectivity index (χ1v) is 8.61. The molecule has 4 nitrogen and oxygen atoms in total. The minimum Gasteiger partial charge on any atom is -0.352 e. The summed E-state index contributed by atoms with van der Waals surface area (Å²) < 4.78 is 1.87. The Labute approximate surface area is 156 Å². The number of rotatable bonds is 6. The average molecular weight is 374 g/mol. The summed E-state index contributed by atoms with van der Waals surface area (Å²) in [5.41, 5.74) is 2.96. The molecule has 3 rings (SSSR count). The first kappa shape index (κ1) is 17.5. The number of hydrogen-bond acceptors (Lipinski definition) is 2. The fourth-order valence-electron chi connectivity index (χ4n) is 2.44. The standard InChI is InChI=1S/C19H17Cl2N3O/c20-17-7-6-16(18(21)11-17)10-19(25)22-12-14-2-4-15(5-3-14)13-24-9-1-8-23-24/h1-9,11H,10,12-13H2,(H,22,25). The number of halogens is 2. The second kappa shape index (κ2) is 8.19. The second-order valence-corrected chi connectivity index (χ2v) is 6.55. The molecule has 128 valence electrons. The van der Waals surface area contributed by atoms with Crippen LogP contribution in [0.15, 0.2) is 60.9 Å². The minimum absolute atomic E-state index is 0.0789. The number of carbonyl (C=O) groups is 1. The van der Waals surface area contributed by atoms with Gasteiger partial charge in [-0.15, -0.1) is 0 Å². The van der Waals surface area contributed by atoms with Crippen LogP contribution in [0.3, 0.4) is 0 Å². The summed E-state index contributed by atoms with van der Waals surface area (Å²) in [5, 5.41) is 8.16. The summed E-state index contributed by atoms with van der Waals surface area (Å²) in [6.07, 6.45) is 3.92. The fourth-order valence-corrected chi connectivity index (χ4v) is 2.92. The SMILES string of the molecule is O=C(Cc1ccc(Cl)cc1Cl)NCc1ccc(Cn2cccn2)cc1. The molecule has 0 aliphatic carbocycles. The van der Waals surface area contributed by atoms with Crippen LogP contribution in [0.25, 0.3) is 0 Å². The van der Waals surface area contributed by atoms with E-state index < -0.39 is 0 Å². The average Bonchev–Trinajstić information content (AvgIpc) is 3.10. The van der Waals surface area contributed by atoms with Gasteiger partial charge in [0.25, 0.3) is 0 Å². The third-order valence-electron chi connectivity index (χ3n) is 3.78. The fraction of sp³-hybridized carbons (Fsp3) is 0.158.